The molecule has 0 amide bonds. The largest absolute Gasteiger partial charge is 0.319 e. The van der Waals surface area contributed by atoms with E-state index in [0.717, 1.165) is 0 Å². The Kier molecular flexibility index (Phi) is 7.20. The molecule has 0 saturated heterocycles. The van der Waals surface area contributed by atoms with Gasteiger partial charge in [-0.3, -0.25) is 0 Å². The summed E-state index contributed by atoms with van der Waals surface area (Å²) in [6.45, 7) is 8.43. The normalized spacial score (nSPS) is 19.0. The minimum atomic E-state index is 0.558. The summed E-state index contributed by atoms with van der Waals surface area (Å²) in [6.07, 6.45) is 6.97. The van der Waals surface area contributed by atoms with Gasteiger partial charge in [0, 0.05) is 13.1 Å². The van der Waals surface area contributed by atoms with Crippen LogP contribution in [0.4, 0.5) is 0 Å². The van der Waals surface area contributed by atoms with E-state index in [9.17, 15) is 0 Å². The molecule has 0 aromatic rings. The summed E-state index contributed by atoms with van der Waals surface area (Å²) in [4.78, 5) is 4.94. The van der Waals surface area contributed by atoms with Crippen LogP contribution in [0.25, 0.3) is 0 Å². The van der Waals surface area contributed by atoms with Crippen LogP contribution in [0.5, 0.6) is 0 Å². The van der Waals surface area contributed by atoms with Gasteiger partial charge >= 0.3 is 0 Å². The Bertz CT molecular complexity index is 210. The van der Waals surface area contributed by atoms with Gasteiger partial charge in [0.2, 0.25) is 0 Å². The fraction of sp³-hybridized carbons (Fsp3) is 1.00. The maximum absolute atomic E-state index is 3.42. The monoisotopic (exact) mass is 255 g/mol. The highest BCUT2D eigenvalue weighted by molar-refractivity contribution is 4.89. The summed E-state index contributed by atoms with van der Waals surface area (Å²) >= 11 is 0. The SMILES string of the molecule is CCN(CCCN(C)C)CC1(CNC)CCCC1. The van der Waals surface area contributed by atoms with E-state index >= 15 is 0 Å². The van der Waals surface area contributed by atoms with E-state index in [4.69, 9.17) is 0 Å². The first kappa shape index (κ1) is 15.9. The summed E-state index contributed by atoms with van der Waals surface area (Å²) in [5.74, 6) is 0. The molecule has 1 aliphatic carbocycles. The summed E-state index contributed by atoms with van der Waals surface area (Å²) in [6, 6.07) is 0. The van der Waals surface area contributed by atoms with Crippen LogP contribution in [0.15, 0.2) is 0 Å². The molecule has 1 rings (SSSR count). The Hall–Kier alpha value is -0.120. The van der Waals surface area contributed by atoms with Crippen LogP contribution in [0.1, 0.15) is 39.0 Å². The molecular weight excluding hydrogens is 222 g/mol. The average Bonchev–Trinajstić information content (AvgIpc) is 2.76. The van der Waals surface area contributed by atoms with E-state index in [1.807, 2.05) is 0 Å². The maximum atomic E-state index is 3.42. The average molecular weight is 255 g/mol. The van der Waals surface area contributed by atoms with Gasteiger partial charge in [-0.05, 0) is 65.5 Å². The Morgan fingerprint density at radius 2 is 1.78 bits per heavy atom. The first-order chi connectivity index (χ1) is 8.62. The van der Waals surface area contributed by atoms with E-state index in [1.54, 1.807) is 0 Å². The zero-order valence-corrected chi connectivity index (χ0v) is 13.0. The summed E-state index contributed by atoms with van der Waals surface area (Å²) in [7, 11) is 6.42. The molecule has 1 saturated carbocycles. The fourth-order valence-electron chi connectivity index (χ4n) is 3.32. The van der Waals surface area contributed by atoms with Crippen molar-refractivity contribution in [1.82, 2.24) is 15.1 Å². The Balaban J connectivity index is 2.39. The molecule has 0 atom stereocenters. The first-order valence-electron chi connectivity index (χ1n) is 7.63. The lowest BCUT2D eigenvalue weighted by atomic mass is 9.85. The van der Waals surface area contributed by atoms with Crippen molar-refractivity contribution in [3.05, 3.63) is 0 Å². The van der Waals surface area contributed by atoms with Crippen LogP contribution < -0.4 is 5.32 Å². The lowest BCUT2D eigenvalue weighted by molar-refractivity contribution is 0.151. The first-order valence-corrected chi connectivity index (χ1v) is 7.63. The van der Waals surface area contributed by atoms with Crippen LogP contribution in [-0.4, -0.2) is 63.7 Å². The molecule has 0 aromatic carbocycles. The maximum Gasteiger partial charge on any atom is 0.00500 e. The molecule has 18 heavy (non-hydrogen) atoms. The molecule has 0 spiro atoms. The van der Waals surface area contributed by atoms with Gasteiger partial charge in [0.05, 0.1) is 0 Å². The molecule has 0 bridgehead atoms. The molecule has 108 valence electrons. The van der Waals surface area contributed by atoms with E-state index < -0.39 is 0 Å². The second kappa shape index (κ2) is 8.13. The van der Waals surface area contributed by atoms with Gasteiger partial charge in [-0.15, -0.1) is 0 Å². The third kappa shape index (κ3) is 5.25. The number of rotatable bonds is 9. The van der Waals surface area contributed by atoms with Crippen LogP contribution >= 0.6 is 0 Å². The van der Waals surface area contributed by atoms with Crippen molar-refractivity contribution in [3.8, 4) is 0 Å². The van der Waals surface area contributed by atoms with Gasteiger partial charge in [0.15, 0.2) is 0 Å². The molecular formula is C15H33N3. The smallest absolute Gasteiger partial charge is 0.00500 e. The molecule has 0 aromatic heterocycles. The van der Waals surface area contributed by atoms with Crippen LogP contribution in [0.3, 0.4) is 0 Å². The molecule has 1 fully saturated rings. The molecule has 3 nitrogen and oxygen atoms in total. The molecule has 1 aliphatic rings. The van der Waals surface area contributed by atoms with E-state index in [-0.39, 0.29) is 0 Å². The minimum absolute atomic E-state index is 0.558. The van der Waals surface area contributed by atoms with Crippen molar-refractivity contribution in [2.24, 2.45) is 5.41 Å². The second-order valence-electron chi connectivity index (χ2n) is 6.26. The van der Waals surface area contributed by atoms with Gasteiger partial charge in [0.25, 0.3) is 0 Å². The fourth-order valence-corrected chi connectivity index (χ4v) is 3.32. The highest BCUT2D eigenvalue weighted by Crippen LogP contribution is 2.38. The van der Waals surface area contributed by atoms with Crippen molar-refractivity contribution in [2.45, 2.75) is 39.0 Å². The topological polar surface area (TPSA) is 18.5 Å². The summed E-state index contributed by atoms with van der Waals surface area (Å²) in [5, 5.41) is 3.42. The lowest BCUT2D eigenvalue weighted by Crippen LogP contribution is -2.42. The second-order valence-corrected chi connectivity index (χ2v) is 6.26. The van der Waals surface area contributed by atoms with Crippen molar-refractivity contribution >= 4 is 0 Å². The van der Waals surface area contributed by atoms with Gasteiger partial charge in [-0.2, -0.15) is 0 Å². The Labute approximate surface area is 114 Å². The van der Waals surface area contributed by atoms with Crippen LogP contribution in [0, 0.1) is 5.41 Å². The molecule has 3 heteroatoms. The quantitative estimate of drug-likeness (QED) is 0.680. The van der Waals surface area contributed by atoms with Crippen molar-refractivity contribution < 1.29 is 0 Å². The number of nitrogens with zero attached hydrogens (tertiary/aromatic N) is 2. The number of nitrogens with one attached hydrogen (secondary N) is 1. The van der Waals surface area contributed by atoms with E-state index in [0.29, 0.717) is 5.41 Å². The third-order valence-electron chi connectivity index (χ3n) is 4.30. The highest BCUT2D eigenvalue weighted by atomic mass is 15.1. The highest BCUT2D eigenvalue weighted by Gasteiger charge is 2.34. The van der Waals surface area contributed by atoms with Gasteiger partial charge < -0.3 is 15.1 Å². The molecule has 1 N–H and O–H groups in total. The number of hydrogen-bond donors (Lipinski definition) is 1. The Morgan fingerprint density at radius 1 is 1.11 bits per heavy atom. The summed E-state index contributed by atoms with van der Waals surface area (Å²) < 4.78 is 0. The summed E-state index contributed by atoms with van der Waals surface area (Å²) in [5.41, 5.74) is 0.558. The lowest BCUT2D eigenvalue weighted by Gasteiger charge is -2.35. The standard InChI is InChI=1S/C15H33N3/c1-5-18(12-8-11-17(3)4)14-15(13-16-2)9-6-7-10-15/h16H,5-14H2,1-4H3. The number of hydrogen-bond acceptors (Lipinski definition) is 3. The van der Waals surface area contributed by atoms with Gasteiger partial charge in [-0.1, -0.05) is 19.8 Å². The van der Waals surface area contributed by atoms with Crippen LogP contribution in [0.2, 0.25) is 0 Å². The predicted molar refractivity (Wildman–Crippen MR) is 80.1 cm³/mol. The molecule has 0 unspecified atom stereocenters. The molecule has 0 radical (unpaired) electrons. The van der Waals surface area contributed by atoms with Gasteiger partial charge in [0.1, 0.15) is 0 Å². The van der Waals surface area contributed by atoms with E-state index in [1.165, 1.54) is 64.8 Å². The minimum Gasteiger partial charge on any atom is -0.319 e. The molecule has 0 heterocycles. The van der Waals surface area contributed by atoms with Crippen molar-refractivity contribution in [2.75, 3.05) is 53.9 Å². The van der Waals surface area contributed by atoms with E-state index in [2.05, 4.69) is 43.2 Å². The molecule has 0 aliphatic heterocycles. The van der Waals surface area contributed by atoms with Crippen molar-refractivity contribution in [1.29, 1.82) is 0 Å². The van der Waals surface area contributed by atoms with Crippen LogP contribution in [-0.2, 0) is 0 Å². The third-order valence-corrected chi connectivity index (χ3v) is 4.30. The van der Waals surface area contributed by atoms with Crippen molar-refractivity contribution in [3.63, 3.8) is 0 Å². The van der Waals surface area contributed by atoms with Gasteiger partial charge in [-0.25, -0.2) is 0 Å². The predicted octanol–water partition coefficient (Wildman–Crippen LogP) is 2.04. The zero-order chi connectivity index (χ0) is 13.4. The zero-order valence-electron chi connectivity index (χ0n) is 13.0. The Morgan fingerprint density at radius 3 is 2.28 bits per heavy atom.